The highest BCUT2D eigenvalue weighted by atomic mass is 19.1. The van der Waals surface area contributed by atoms with Gasteiger partial charge in [0.1, 0.15) is 5.82 Å². The molecule has 0 saturated carbocycles. The van der Waals surface area contributed by atoms with Crippen LogP contribution in [0.25, 0.3) is 0 Å². The number of anilines is 1. The van der Waals surface area contributed by atoms with Gasteiger partial charge in [-0.15, -0.1) is 0 Å². The minimum Gasteiger partial charge on any atom is -0.369 e. The van der Waals surface area contributed by atoms with E-state index in [2.05, 4.69) is 16.7 Å². The van der Waals surface area contributed by atoms with Gasteiger partial charge in [-0.2, -0.15) is 0 Å². The van der Waals surface area contributed by atoms with Crippen LogP contribution >= 0.6 is 0 Å². The van der Waals surface area contributed by atoms with E-state index in [1.807, 2.05) is 33.2 Å². The number of hydrogen-bond donors (Lipinski definition) is 1. The third-order valence-electron chi connectivity index (χ3n) is 3.25. The van der Waals surface area contributed by atoms with Crippen molar-refractivity contribution in [1.29, 1.82) is 0 Å². The van der Waals surface area contributed by atoms with Crippen LogP contribution in [0.1, 0.15) is 31.9 Å². The van der Waals surface area contributed by atoms with Crippen molar-refractivity contribution >= 4 is 5.69 Å². The Kier molecular flexibility index (Phi) is 6.25. The SMILES string of the molecule is CCN(CCCN(C)C)c1ccc([C@@H](C)N)cc1F. The second kappa shape index (κ2) is 7.46. The summed E-state index contributed by atoms with van der Waals surface area (Å²) in [5.41, 5.74) is 7.28. The first kappa shape index (κ1) is 15.9. The van der Waals surface area contributed by atoms with E-state index in [4.69, 9.17) is 5.73 Å². The molecule has 0 spiro atoms. The molecule has 0 fully saturated rings. The van der Waals surface area contributed by atoms with E-state index < -0.39 is 0 Å². The van der Waals surface area contributed by atoms with Crippen LogP contribution < -0.4 is 10.6 Å². The standard InChI is InChI=1S/C15H26FN3/c1-5-19(10-6-9-18(3)4)15-8-7-13(12(2)17)11-14(15)16/h7-8,11-12H,5-6,9-10,17H2,1-4H3/t12-/m1/s1. The van der Waals surface area contributed by atoms with Gasteiger partial charge in [0, 0.05) is 19.1 Å². The minimum absolute atomic E-state index is 0.132. The van der Waals surface area contributed by atoms with Gasteiger partial charge >= 0.3 is 0 Å². The Morgan fingerprint density at radius 2 is 1.95 bits per heavy atom. The molecule has 0 amide bonds. The Morgan fingerprint density at radius 1 is 1.26 bits per heavy atom. The molecule has 4 heteroatoms. The van der Waals surface area contributed by atoms with Gasteiger partial charge in [0.05, 0.1) is 5.69 Å². The van der Waals surface area contributed by atoms with Crippen LogP contribution in [0, 0.1) is 5.82 Å². The molecule has 2 N–H and O–H groups in total. The lowest BCUT2D eigenvalue weighted by atomic mass is 10.1. The topological polar surface area (TPSA) is 32.5 Å². The molecule has 0 aromatic heterocycles. The first-order valence-electron chi connectivity index (χ1n) is 6.90. The van der Waals surface area contributed by atoms with Crippen molar-refractivity contribution in [2.24, 2.45) is 5.73 Å². The fraction of sp³-hybridized carbons (Fsp3) is 0.600. The average Bonchev–Trinajstić information content (AvgIpc) is 2.34. The minimum atomic E-state index is -0.179. The van der Waals surface area contributed by atoms with Crippen LogP contribution in [0.2, 0.25) is 0 Å². The smallest absolute Gasteiger partial charge is 0.146 e. The van der Waals surface area contributed by atoms with Crippen LogP contribution in [0.4, 0.5) is 10.1 Å². The zero-order chi connectivity index (χ0) is 14.4. The van der Waals surface area contributed by atoms with E-state index in [-0.39, 0.29) is 11.9 Å². The van der Waals surface area contributed by atoms with Crippen molar-refractivity contribution in [1.82, 2.24) is 4.90 Å². The lowest BCUT2D eigenvalue weighted by Gasteiger charge is -2.25. The summed E-state index contributed by atoms with van der Waals surface area (Å²) < 4.78 is 14.1. The monoisotopic (exact) mass is 267 g/mol. The van der Waals surface area contributed by atoms with Crippen LogP contribution in [-0.4, -0.2) is 38.6 Å². The first-order chi connectivity index (χ1) is 8.95. The van der Waals surface area contributed by atoms with E-state index in [9.17, 15) is 4.39 Å². The molecule has 108 valence electrons. The number of rotatable bonds is 7. The molecule has 0 saturated heterocycles. The molecule has 0 aliphatic rings. The second-order valence-electron chi connectivity index (χ2n) is 5.24. The van der Waals surface area contributed by atoms with Crippen molar-refractivity contribution in [2.45, 2.75) is 26.3 Å². The third-order valence-corrected chi connectivity index (χ3v) is 3.25. The van der Waals surface area contributed by atoms with Gasteiger partial charge in [-0.25, -0.2) is 4.39 Å². The molecular formula is C15H26FN3. The van der Waals surface area contributed by atoms with Crippen molar-refractivity contribution in [2.75, 3.05) is 38.6 Å². The summed E-state index contributed by atoms with van der Waals surface area (Å²) >= 11 is 0. The molecule has 1 aromatic rings. The Bertz CT molecular complexity index is 391. The van der Waals surface area contributed by atoms with E-state index in [1.165, 1.54) is 0 Å². The molecule has 0 unspecified atom stereocenters. The van der Waals surface area contributed by atoms with Crippen molar-refractivity contribution in [3.8, 4) is 0 Å². The van der Waals surface area contributed by atoms with E-state index in [1.54, 1.807) is 6.07 Å². The number of halogens is 1. The van der Waals surface area contributed by atoms with Crippen molar-refractivity contribution in [3.05, 3.63) is 29.6 Å². The maximum Gasteiger partial charge on any atom is 0.146 e. The fourth-order valence-corrected chi connectivity index (χ4v) is 2.09. The summed E-state index contributed by atoms with van der Waals surface area (Å²) in [5.74, 6) is -0.179. The first-order valence-corrected chi connectivity index (χ1v) is 6.90. The number of benzene rings is 1. The van der Waals surface area contributed by atoms with Crippen molar-refractivity contribution in [3.63, 3.8) is 0 Å². The van der Waals surface area contributed by atoms with Gasteiger partial charge in [-0.3, -0.25) is 0 Å². The molecular weight excluding hydrogens is 241 g/mol. The molecule has 1 atom stereocenters. The Labute approximate surface area is 116 Å². The molecule has 19 heavy (non-hydrogen) atoms. The molecule has 0 aliphatic carbocycles. The van der Waals surface area contributed by atoms with E-state index in [0.29, 0.717) is 5.69 Å². The number of nitrogens with zero attached hydrogens (tertiary/aromatic N) is 2. The normalized spacial score (nSPS) is 12.8. The zero-order valence-corrected chi connectivity index (χ0v) is 12.5. The lowest BCUT2D eigenvalue weighted by molar-refractivity contribution is 0.400. The van der Waals surface area contributed by atoms with Gasteiger partial charge in [0.2, 0.25) is 0 Å². The van der Waals surface area contributed by atoms with Gasteiger partial charge in [0.15, 0.2) is 0 Å². The molecule has 0 aliphatic heterocycles. The Hall–Kier alpha value is -1.13. The second-order valence-corrected chi connectivity index (χ2v) is 5.24. The third kappa shape index (κ3) is 4.80. The Morgan fingerprint density at radius 3 is 2.42 bits per heavy atom. The molecule has 1 rings (SSSR count). The van der Waals surface area contributed by atoms with Gasteiger partial charge in [-0.1, -0.05) is 6.07 Å². The molecule has 0 bridgehead atoms. The summed E-state index contributed by atoms with van der Waals surface area (Å²) in [6.45, 7) is 6.60. The predicted octanol–water partition coefficient (Wildman–Crippen LogP) is 2.62. The predicted molar refractivity (Wildman–Crippen MR) is 80.1 cm³/mol. The largest absolute Gasteiger partial charge is 0.369 e. The molecule has 1 aromatic carbocycles. The van der Waals surface area contributed by atoms with Crippen LogP contribution in [-0.2, 0) is 0 Å². The van der Waals surface area contributed by atoms with Gasteiger partial charge < -0.3 is 15.5 Å². The Balaban J connectivity index is 2.75. The summed E-state index contributed by atoms with van der Waals surface area (Å²) in [6, 6.07) is 5.17. The maximum atomic E-state index is 14.1. The van der Waals surface area contributed by atoms with E-state index in [0.717, 1.165) is 31.6 Å². The highest BCUT2D eigenvalue weighted by Crippen LogP contribution is 2.22. The highest BCUT2D eigenvalue weighted by Gasteiger charge is 2.11. The highest BCUT2D eigenvalue weighted by molar-refractivity contribution is 5.49. The average molecular weight is 267 g/mol. The molecule has 0 radical (unpaired) electrons. The van der Waals surface area contributed by atoms with Crippen LogP contribution in [0.5, 0.6) is 0 Å². The summed E-state index contributed by atoms with van der Waals surface area (Å²) in [4.78, 5) is 4.22. The fourth-order valence-electron chi connectivity index (χ4n) is 2.09. The number of hydrogen-bond acceptors (Lipinski definition) is 3. The van der Waals surface area contributed by atoms with Crippen molar-refractivity contribution < 1.29 is 4.39 Å². The lowest BCUT2D eigenvalue weighted by Crippen LogP contribution is -2.27. The number of nitrogens with two attached hydrogens (primary N) is 1. The quantitative estimate of drug-likeness (QED) is 0.824. The maximum absolute atomic E-state index is 14.1. The summed E-state index contributed by atoms with van der Waals surface area (Å²) in [7, 11) is 4.10. The van der Waals surface area contributed by atoms with Crippen LogP contribution in [0.3, 0.4) is 0 Å². The van der Waals surface area contributed by atoms with Crippen LogP contribution in [0.15, 0.2) is 18.2 Å². The van der Waals surface area contributed by atoms with Gasteiger partial charge in [0.25, 0.3) is 0 Å². The summed E-state index contributed by atoms with van der Waals surface area (Å²) in [6.07, 6.45) is 1.02. The molecule has 0 heterocycles. The molecule has 3 nitrogen and oxygen atoms in total. The van der Waals surface area contributed by atoms with Gasteiger partial charge in [-0.05, 0) is 58.6 Å². The summed E-state index contributed by atoms with van der Waals surface area (Å²) in [5, 5.41) is 0. The zero-order valence-electron chi connectivity index (χ0n) is 12.5. The van der Waals surface area contributed by atoms with E-state index >= 15 is 0 Å².